The molecule has 6 nitrogen and oxygen atoms in total. The lowest BCUT2D eigenvalue weighted by atomic mass is 9.83. The van der Waals surface area contributed by atoms with E-state index in [1.54, 1.807) is 23.1 Å². The minimum absolute atomic E-state index is 0.0693. The Morgan fingerprint density at radius 3 is 2.65 bits per heavy atom. The molecule has 1 aromatic heterocycles. The zero-order valence-electron chi connectivity index (χ0n) is 14.3. The van der Waals surface area contributed by atoms with Gasteiger partial charge in [-0.05, 0) is 30.5 Å². The number of aromatic nitrogens is 1. The van der Waals surface area contributed by atoms with Gasteiger partial charge in [0.25, 0.3) is 11.3 Å². The molecule has 132 valence electrons. The van der Waals surface area contributed by atoms with E-state index in [0.29, 0.717) is 29.8 Å². The molecular weight excluding hydrogens is 330 g/mol. The smallest absolute Gasteiger partial charge is 0.300 e. The highest BCUT2D eigenvalue weighted by atomic mass is 16.2. The average molecular weight is 349 g/mol. The number of carbonyl (C=O) groups is 2. The molecule has 3 aliphatic rings. The fraction of sp³-hybridized carbons (Fsp3) is 0.350. The quantitative estimate of drug-likeness (QED) is 0.770. The molecule has 1 fully saturated rings. The van der Waals surface area contributed by atoms with Crippen LogP contribution in [0.2, 0.25) is 0 Å². The monoisotopic (exact) mass is 349 g/mol. The van der Waals surface area contributed by atoms with Crippen LogP contribution in [0.1, 0.15) is 28.4 Å². The molecule has 1 saturated heterocycles. The molecule has 4 heterocycles. The predicted octanol–water partition coefficient (Wildman–Crippen LogP) is 1.45. The molecule has 0 spiro atoms. The lowest BCUT2D eigenvalue weighted by Gasteiger charge is -2.43. The molecule has 2 aromatic rings. The normalized spacial score (nSPS) is 24.5. The molecule has 0 radical (unpaired) electrons. The lowest BCUT2D eigenvalue weighted by Crippen LogP contribution is -2.51. The molecule has 1 amide bonds. The number of anilines is 1. The van der Waals surface area contributed by atoms with Crippen LogP contribution < -0.4 is 10.5 Å². The van der Waals surface area contributed by atoms with E-state index in [1.165, 1.54) is 0 Å². The van der Waals surface area contributed by atoms with Gasteiger partial charge in [0.05, 0.1) is 17.9 Å². The summed E-state index contributed by atoms with van der Waals surface area (Å²) in [6.07, 6.45) is 1.07. The Morgan fingerprint density at radius 2 is 1.77 bits per heavy atom. The molecule has 6 heteroatoms. The molecule has 0 unspecified atom stereocenters. The van der Waals surface area contributed by atoms with Crippen LogP contribution in [-0.4, -0.2) is 40.9 Å². The Morgan fingerprint density at radius 1 is 0.923 bits per heavy atom. The first-order chi connectivity index (χ1) is 12.6. The van der Waals surface area contributed by atoms with Crippen molar-refractivity contribution in [3.8, 4) is 0 Å². The SMILES string of the molecule is O=C1C(=O)N(CN2C[C@@H]3C[C@H](C2)c2cccc(=O)n2C3)c2ccccc21. The lowest BCUT2D eigenvalue weighted by molar-refractivity contribution is -0.114. The summed E-state index contributed by atoms with van der Waals surface area (Å²) in [6.45, 7) is 2.77. The third-order valence-electron chi connectivity index (χ3n) is 5.78. The van der Waals surface area contributed by atoms with E-state index < -0.39 is 11.7 Å². The van der Waals surface area contributed by atoms with Crippen molar-refractivity contribution in [3.63, 3.8) is 0 Å². The van der Waals surface area contributed by atoms with Crippen LogP contribution in [0.15, 0.2) is 47.3 Å². The van der Waals surface area contributed by atoms with Crippen LogP contribution in [0.25, 0.3) is 0 Å². The van der Waals surface area contributed by atoms with Crippen molar-refractivity contribution in [2.75, 3.05) is 24.7 Å². The first-order valence-electron chi connectivity index (χ1n) is 8.99. The molecule has 0 saturated carbocycles. The third-order valence-corrected chi connectivity index (χ3v) is 5.78. The number of hydrogen-bond acceptors (Lipinski definition) is 4. The minimum Gasteiger partial charge on any atom is -0.312 e. The standard InChI is InChI=1S/C20H19N3O3/c24-18-7-3-6-16-14-8-13(10-22(16)18)9-21(11-14)12-23-17-5-2-1-4-15(17)19(25)20(23)26/h1-7,13-14H,8-12H2/t13-,14+/m0/s1. The molecule has 5 rings (SSSR count). The summed E-state index contributed by atoms with van der Waals surface area (Å²) in [7, 11) is 0. The minimum atomic E-state index is -0.446. The van der Waals surface area contributed by atoms with Crippen LogP contribution in [0.3, 0.4) is 0 Å². The second-order valence-corrected chi connectivity index (χ2v) is 7.45. The van der Waals surface area contributed by atoms with Crippen molar-refractivity contribution in [2.45, 2.75) is 18.9 Å². The summed E-state index contributed by atoms with van der Waals surface area (Å²) >= 11 is 0. The highest BCUT2D eigenvalue weighted by Crippen LogP contribution is 2.36. The fourth-order valence-corrected chi connectivity index (χ4v) is 4.70. The van der Waals surface area contributed by atoms with Crippen molar-refractivity contribution in [3.05, 3.63) is 64.1 Å². The van der Waals surface area contributed by atoms with Crippen LogP contribution in [0.4, 0.5) is 5.69 Å². The van der Waals surface area contributed by atoms with Gasteiger partial charge in [-0.25, -0.2) is 0 Å². The molecule has 0 N–H and O–H groups in total. The summed E-state index contributed by atoms with van der Waals surface area (Å²) in [5.41, 5.74) is 2.35. The molecule has 0 aliphatic carbocycles. The summed E-state index contributed by atoms with van der Waals surface area (Å²) in [5.74, 6) is -0.182. The zero-order valence-corrected chi connectivity index (χ0v) is 14.3. The maximum absolute atomic E-state index is 12.4. The van der Waals surface area contributed by atoms with Crippen molar-refractivity contribution in [1.29, 1.82) is 0 Å². The topological polar surface area (TPSA) is 62.6 Å². The van der Waals surface area contributed by atoms with Gasteiger partial charge in [-0.2, -0.15) is 0 Å². The largest absolute Gasteiger partial charge is 0.312 e. The highest BCUT2D eigenvalue weighted by Gasteiger charge is 2.39. The number of para-hydroxylation sites is 1. The van der Waals surface area contributed by atoms with Gasteiger partial charge < -0.3 is 4.57 Å². The van der Waals surface area contributed by atoms with Crippen molar-refractivity contribution in [1.82, 2.24) is 9.47 Å². The van der Waals surface area contributed by atoms with Crippen LogP contribution in [0.5, 0.6) is 0 Å². The fourth-order valence-electron chi connectivity index (χ4n) is 4.70. The van der Waals surface area contributed by atoms with Gasteiger partial charge in [-0.3, -0.25) is 24.2 Å². The van der Waals surface area contributed by atoms with Crippen molar-refractivity contribution >= 4 is 17.4 Å². The Bertz CT molecular complexity index is 980. The maximum atomic E-state index is 12.4. The number of carbonyl (C=O) groups excluding carboxylic acids is 2. The second kappa shape index (κ2) is 5.64. The Kier molecular flexibility index (Phi) is 3.37. The van der Waals surface area contributed by atoms with Gasteiger partial charge in [-0.15, -0.1) is 0 Å². The number of Topliss-reactive ketones (excluding diaryl/α,β-unsaturated/α-hetero) is 1. The second-order valence-electron chi connectivity index (χ2n) is 7.45. The molecular formula is C20H19N3O3. The van der Waals surface area contributed by atoms with Gasteiger partial charge in [0, 0.05) is 37.3 Å². The van der Waals surface area contributed by atoms with E-state index in [-0.39, 0.29) is 5.56 Å². The number of amides is 1. The number of hydrogen-bond donors (Lipinski definition) is 0. The zero-order chi connectivity index (χ0) is 17.8. The summed E-state index contributed by atoms with van der Waals surface area (Å²) in [5, 5.41) is 0. The van der Waals surface area contributed by atoms with Crippen molar-refractivity contribution < 1.29 is 9.59 Å². The van der Waals surface area contributed by atoms with E-state index in [1.807, 2.05) is 28.8 Å². The summed E-state index contributed by atoms with van der Waals surface area (Å²) in [6, 6.07) is 12.7. The van der Waals surface area contributed by atoms with Gasteiger partial charge >= 0.3 is 5.91 Å². The number of ketones is 1. The van der Waals surface area contributed by atoms with E-state index in [2.05, 4.69) is 4.90 Å². The van der Waals surface area contributed by atoms with Crippen LogP contribution in [0, 0.1) is 5.92 Å². The maximum Gasteiger partial charge on any atom is 0.300 e. The molecule has 2 atom stereocenters. The Labute approximate surface area is 150 Å². The first kappa shape index (κ1) is 15.5. The van der Waals surface area contributed by atoms with E-state index in [4.69, 9.17) is 0 Å². The summed E-state index contributed by atoms with van der Waals surface area (Å²) in [4.78, 5) is 40.6. The van der Waals surface area contributed by atoms with Gasteiger partial charge in [-0.1, -0.05) is 18.2 Å². The number of piperidine rings is 1. The number of likely N-dealkylation sites (tertiary alicyclic amines) is 1. The van der Waals surface area contributed by atoms with Gasteiger partial charge in [0.15, 0.2) is 0 Å². The third kappa shape index (κ3) is 2.25. The van der Waals surface area contributed by atoms with Gasteiger partial charge in [0.2, 0.25) is 0 Å². The number of pyridine rings is 1. The predicted molar refractivity (Wildman–Crippen MR) is 96.2 cm³/mol. The molecule has 3 aliphatic heterocycles. The number of nitrogens with zero attached hydrogens (tertiary/aromatic N) is 3. The average Bonchev–Trinajstić information content (AvgIpc) is 2.88. The molecule has 2 bridgehead atoms. The van der Waals surface area contributed by atoms with E-state index in [0.717, 1.165) is 31.7 Å². The van der Waals surface area contributed by atoms with Crippen molar-refractivity contribution in [2.24, 2.45) is 5.92 Å². The number of fused-ring (bicyclic) bond motifs is 5. The first-order valence-corrected chi connectivity index (χ1v) is 8.99. The van der Waals surface area contributed by atoms with Crippen LogP contribution in [-0.2, 0) is 11.3 Å². The number of rotatable bonds is 2. The van der Waals surface area contributed by atoms with E-state index >= 15 is 0 Å². The van der Waals surface area contributed by atoms with Gasteiger partial charge in [0.1, 0.15) is 0 Å². The number of benzene rings is 1. The Hall–Kier alpha value is -2.73. The molecule has 1 aromatic carbocycles. The highest BCUT2D eigenvalue weighted by molar-refractivity contribution is 6.52. The Balaban J connectivity index is 1.42. The van der Waals surface area contributed by atoms with Crippen LogP contribution >= 0.6 is 0 Å². The summed E-state index contributed by atoms with van der Waals surface area (Å²) < 4.78 is 1.90. The van der Waals surface area contributed by atoms with E-state index in [9.17, 15) is 14.4 Å². The molecule has 26 heavy (non-hydrogen) atoms.